The molecule has 3 unspecified atom stereocenters. The zero-order valence-corrected chi connectivity index (χ0v) is 18.6. The maximum absolute atomic E-state index is 14.1. The summed E-state index contributed by atoms with van der Waals surface area (Å²) in [5, 5.41) is 3.50. The molecule has 1 aliphatic carbocycles. The van der Waals surface area contributed by atoms with Crippen LogP contribution in [-0.2, 0) is 11.3 Å². The van der Waals surface area contributed by atoms with Gasteiger partial charge < -0.3 is 10.1 Å². The Labute approximate surface area is 182 Å². The molecule has 3 rings (SSSR count). The summed E-state index contributed by atoms with van der Waals surface area (Å²) in [5.74, 6) is -0.253. The van der Waals surface area contributed by atoms with Crippen molar-refractivity contribution >= 4 is 0 Å². The van der Waals surface area contributed by atoms with Crippen molar-refractivity contribution in [2.75, 3.05) is 6.54 Å². The van der Waals surface area contributed by atoms with Gasteiger partial charge in [-0.15, -0.1) is 0 Å². The molecule has 1 aromatic carbocycles. The van der Waals surface area contributed by atoms with Gasteiger partial charge in [0.1, 0.15) is 5.82 Å². The van der Waals surface area contributed by atoms with E-state index in [1.165, 1.54) is 23.3 Å². The van der Waals surface area contributed by atoms with E-state index in [2.05, 4.69) is 18.3 Å². The fourth-order valence-corrected chi connectivity index (χ4v) is 4.54. The minimum atomic E-state index is -4.61. The maximum atomic E-state index is 14.1. The minimum absolute atomic E-state index is 0.160. The Morgan fingerprint density at radius 2 is 1.97 bits per heavy atom. The van der Waals surface area contributed by atoms with E-state index in [-0.39, 0.29) is 23.6 Å². The van der Waals surface area contributed by atoms with Gasteiger partial charge in [0.05, 0.1) is 6.61 Å². The Morgan fingerprint density at radius 1 is 1.23 bits per heavy atom. The summed E-state index contributed by atoms with van der Waals surface area (Å²) >= 11 is 0. The van der Waals surface area contributed by atoms with Gasteiger partial charge in [0.2, 0.25) is 0 Å². The zero-order valence-electron chi connectivity index (χ0n) is 18.6. The first-order chi connectivity index (χ1) is 14.6. The topological polar surface area (TPSA) is 21.3 Å². The van der Waals surface area contributed by atoms with Gasteiger partial charge in [0.15, 0.2) is 5.60 Å². The molecule has 2 nitrogen and oxygen atoms in total. The number of aryl methyl sites for hydroxylation is 1. The van der Waals surface area contributed by atoms with E-state index in [4.69, 9.17) is 4.74 Å². The van der Waals surface area contributed by atoms with Crippen LogP contribution in [0.3, 0.4) is 0 Å². The van der Waals surface area contributed by atoms with Crippen molar-refractivity contribution in [2.45, 2.75) is 71.4 Å². The number of hydrogen-bond acceptors (Lipinski definition) is 2. The third-order valence-corrected chi connectivity index (χ3v) is 6.84. The van der Waals surface area contributed by atoms with Gasteiger partial charge in [-0.25, -0.2) is 4.39 Å². The molecule has 0 saturated carbocycles. The smallest absolute Gasteiger partial charge is 0.357 e. The first kappa shape index (κ1) is 23.7. The van der Waals surface area contributed by atoms with E-state index >= 15 is 0 Å². The third kappa shape index (κ3) is 4.80. The number of nitrogens with one attached hydrogen (secondary N) is 1. The molecule has 6 heteroatoms. The van der Waals surface area contributed by atoms with Gasteiger partial charge in [-0.3, -0.25) is 0 Å². The monoisotopic (exact) mass is 437 g/mol. The minimum Gasteiger partial charge on any atom is -0.357 e. The molecular formula is C25H31F4NO. The van der Waals surface area contributed by atoms with Crippen molar-refractivity contribution in [3.8, 4) is 0 Å². The van der Waals surface area contributed by atoms with E-state index in [9.17, 15) is 17.6 Å². The van der Waals surface area contributed by atoms with Crippen LogP contribution < -0.4 is 5.32 Å². The molecule has 0 amide bonds. The lowest BCUT2D eigenvalue weighted by Gasteiger charge is -2.36. The van der Waals surface area contributed by atoms with E-state index < -0.39 is 24.2 Å². The zero-order chi connectivity index (χ0) is 22.8. The average molecular weight is 438 g/mol. The molecule has 31 heavy (non-hydrogen) atoms. The second kappa shape index (κ2) is 9.29. The average Bonchev–Trinajstić information content (AvgIpc) is 3.22. The van der Waals surface area contributed by atoms with Crippen LogP contribution in [0.4, 0.5) is 17.6 Å². The van der Waals surface area contributed by atoms with Gasteiger partial charge in [-0.1, -0.05) is 41.5 Å². The van der Waals surface area contributed by atoms with E-state index in [1.54, 1.807) is 19.1 Å². The number of ether oxygens (including phenoxy) is 1. The van der Waals surface area contributed by atoms with Crippen molar-refractivity contribution in [2.24, 2.45) is 5.92 Å². The van der Waals surface area contributed by atoms with Gasteiger partial charge >= 0.3 is 6.18 Å². The molecule has 0 bridgehead atoms. The fraction of sp³-hybridized carbons (Fsp3) is 0.520. The molecule has 2 aliphatic rings. The molecular weight excluding hydrogens is 406 g/mol. The quantitative estimate of drug-likeness (QED) is 0.402. The molecule has 0 spiro atoms. The van der Waals surface area contributed by atoms with E-state index in [1.807, 2.05) is 13.0 Å². The maximum Gasteiger partial charge on any atom is 0.421 e. The Hall–Kier alpha value is -1.92. The first-order valence-corrected chi connectivity index (χ1v) is 10.8. The Balaban J connectivity index is 1.85. The summed E-state index contributed by atoms with van der Waals surface area (Å²) in [6.45, 7) is 7.28. The number of halogens is 4. The Kier molecular flexibility index (Phi) is 7.11. The summed E-state index contributed by atoms with van der Waals surface area (Å²) in [4.78, 5) is 0. The van der Waals surface area contributed by atoms with Gasteiger partial charge in [-0.2, -0.15) is 13.2 Å². The summed E-state index contributed by atoms with van der Waals surface area (Å²) in [5.41, 5.74) is 0.881. The lowest BCUT2D eigenvalue weighted by Crippen LogP contribution is -2.47. The molecule has 1 heterocycles. The molecule has 0 radical (unpaired) electrons. The lowest BCUT2D eigenvalue weighted by atomic mass is 9.79. The Morgan fingerprint density at radius 3 is 2.55 bits per heavy atom. The van der Waals surface area contributed by atoms with Crippen LogP contribution >= 0.6 is 0 Å². The highest BCUT2D eigenvalue weighted by Gasteiger charge is 2.55. The van der Waals surface area contributed by atoms with Gasteiger partial charge in [0.25, 0.3) is 0 Å². The highest BCUT2D eigenvalue weighted by molar-refractivity contribution is 5.35. The summed E-state index contributed by atoms with van der Waals surface area (Å²) < 4.78 is 61.9. The number of hydrogen-bond donors (Lipinski definition) is 1. The van der Waals surface area contributed by atoms with Crippen LogP contribution in [0, 0.1) is 18.7 Å². The van der Waals surface area contributed by atoms with Gasteiger partial charge in [0, 0.05) is 17.5 Å². The molecule has 0 aromatic heterocycles. The molecule has 1 aliphatic heterocycles. The number of allylic oxidation sites excluding steroid dienone is 3. The molecule has 170 valence electrons. The van der Waals surface area contributed by atoms with Crippen molar-refractivity contribution in [3.63, 3.8) is 0 Å². The highest BCUT2D eigenvalue weighted by atomic mass is 19.4. The van der Waals surface area contributed by atoms with Crippen molar-refractivity contribution < 1.29 is 22.3 Å². The molecule has 1 N–H and O–H groups in total. The Bertz CT molecular complexity index is 879. The van der Waals surface area contributed by atoms with Crippen molar-refractivity contribution in [3.05, 3.63) is 70.1 Å². The largest absolute Gasteiger partial charge is 0.421 e. The second-order valence-electron chi connectivity index (χ2n) is 8.65. The van der Waals surface area contributed by atoms with Crippen LogP contribution in [0.2, 0.25) is 0 Å². The van der Waals surface area contributed by atoms with Crippen LogP contribution in [0.5, 0.6) is 0 Å². The molecule has 3 atom stereocenters. The van der Waals surface area contributed by atoms with E-state index in [0.717, 1.165) is 19.9 Å². The lowest BCUT2D eigenvalue weighted by molar-refractivity contribution is -0.259. The number of alkyl halides is 3. The summed E-state index contributed by atoms with van der Waals surface area (Å²) in [6.07, 6.45) is 2.71. The van der Waals surface area contributed by atoms with Crippen LogP contribution in [0.1, 0.15) is 51.2 Å². The molecule has 1 fully saturated rings. The third-order valence-electron chi connectivity index (χ3n) is 6.84. The number of benzene rings is 1. The summed E-state index contributed by atoms with van der Waals surface area (Å²) in [6, 6.07) is 4.68. The SMILES string of the molecule is CC=C(C)C1NCCC1C1=CC=C(C(C)(OCc2c(C)cccc2F)C(F)(F)F)CC1. The van der Waals surface area contributed by atoms with Gasteiger partial charge in [-0.05, 0) is 70.7 Å². The molecule has 1 aromatic rings. The van der Waals surface area contributed by atoms with Crippen LogP contribution in [-0.4, -0.2) is 24.4 Å². The van der Waals surface area contributed by atoms with Crippen molar-refractivity contribution in [1.29, 1.82) is 0 Å². The van der Waals surface area contributed by atoms with Crippen LogP contribution in [0.25, 0.3) is 0 Å². The van der Waals surface area contributed by atoms with Crippen LogP contribution in [0.15, 0.2) is 53.1 Å². The highest BCUT2D eigenvalue weighted by Crippen LogP contribution is 2.44. The normalized spacial score (nSPS) is 24.6. The van der Waals surface area contributed by atoms with Crippen molar-refractivity contribution in [1.82, 2.24) is 5.32 Å². The fourth-order valence-electron chi connectivity index (χ4n) is 4.54. The second-order valence-corrected chi connectivity index (χ2v) is 8.65. The first-order valence-electron chi connectivity index (χ1n) is 10.8. The van der Waals surface area contributed by atoms with E-state index in [0.29, 0.717) is 17.9 Å². The number of rotatable bonds is 6. The standard InChI is InChI=1S/C25H31F4NO/c1-5-16(2)23-20(13-14-30-23)18-9-11-19(12-10-18)24(4,25(27,28)29)31-15-21-17(3)7-6-8-22(21)26/h5-9,11,20,23,30H,10,12-15H2,1-4H3. The predicted octanol–water partition coefficient (Wildman–Crippen LogP) is 6.56. The summed E-state index contributed by atoms with van der Waals surface area (Å²) in [7, 11) is 0. The molecule has 1 saturated heterocycles. The predicted molar refractivity (Wildman–Crippen MR) is 115 cm³/mol.